The third kappa shape index (κ3) is 4.43. The molecule has 1 N–H and O–H groups in total. The zero-order valence-corrected chi connectivity index (χ0v) is 6.95. The van der Waals surface area contributed by atoms with Gasteiger partial charge in [-0.1, -0.05) is 0 Å². The van der Waals surface area contributed by atoms with Crippen molar-refractivity contribution in [1.29, 1.82) is 0 Å². The lowest BCUT2D eigenvalue weighted by molar-refractivity contribution is -0.144. The topological polar surface area (TPSA) is 50.7 Å². The van der Waals surface area contributed by atoms with Gasteiger partial charge in [-0.15, -0.1) is 0 Å². The highest BCUT2D eigenvalue weighted by Crippen LogP contribution is 1.94. The number of hydrogen-bond acceptors (Lipinski definition) is 4. The number of carbonyl (C=O) groups excluding carboxylic acids is 1. The van der Waals surface area contributed by atoms with E-state index in [9.17, 15) is 9.18 Å². The summed E-state index contributed by atoms with van der Waals surface area (Å²) in [6, 6.07) is 0. The van der Waals surface area contributed by atoms with Crippen molar-refractivity contribution in [2.24, 2.45) is 5.10 Å². The standard InChI is InChI=1S/C7H11FN2O2/c1-3-9-10-5-4-6(8)7(11)12-2/h3-6,10H,1-2H3/b5-4-,9-3-. The minimum absolute atomic E-state index is 0.923. The second-order valence-corrected chi connectivity index (χ2v) is 1.80. The molecular weight excluding hydrogens is 163 g/mol. The van der Waals surface area contributed by atoms with Gasteiger partial charge in [-0.2, -0.15) is 5.10 Å². The van der Waals surface area contributed by atoms with E-state index in [0.29, 0.717) is 0 Å². The van der Waals surface area contributed by atoms with Crippen molar-refractivity contribution >= 4 is 12.2 Å². The van der Waals surface area contributed by atoms with Crippen LogP contribution in [0.4, 0.5) is 4.39 Å². The average molecular weight is 174 g/mol. The van der Waals surface area contributed by atoms with Crippen LogP contribution in [0.5, 0.6) is 0 Å². The maximum absolute atomic E-state index is 12.6. The van der Waals surface area contributed by atoms with Gasteiger partial charge >= 0.3 is 5.97 Å². The monoisotopic (exact) mass is 174 g/mol. The van der Waals surface area contributed by atoms with E-state index in [1.165, 1.54) is 12.4 Å². The molecule has 12 heavy (non-hydrogen) atoms. The number of esters is 1. The van der Waals surface area contributed by atoms with E-state index in [2.05, 4.69) is 15.3 Å². The summed E-state index contributed by atoms with van der Waals surface area (Å²) in [5.41, 5.74) is 2.39. The fraction of sp³-hybridized carbons (Fsp3) is 0.429. The first-order valence-electron chi connectivity index (χ1n) is 3.34. The molecule has 0 heterocycles. The Morgan fingerprint density at radius 1 is 1.75 bits per heavy atom. The molecule has 4 nitrogen and oxygen atoms in total. The van der Waals surface area contributed by atoms with Crippen molar-refractivity contribution in [2.45, 2.75) is 13.1 Å². The molecule has 0 radical (unpaired) electrons. The summed E-state index contributed by atoms with van der Waals surface area (Å²) in [5.74, 6) is -0.923. The predicted molar refractivity (Wildman–Crippen MR) is 43.4 cm³/mol. The molecule has 0 aliphatic rings. The van der Waals surface area contributed by atoms with Gasteiger partial charge in [0.1, 0.15) is 0 Å². The first-order chi connectivity index (χ1) is 5.72. The normalized spacial score (nSPS) is 13.6. The third-order valence-electron chi connectivity index (χ3n) is 0.970. The number of ether oxygens (including phenoxy) is 1. The maximum atomic E-state index is 12.6. The fourth-order valence-electron chi connectivity index (χ4n) is 0.436. The molecule has 0 aliphatic heterocycles. The van der Waals surface area contributed by atoms with Crippen LogP contribution < -0.4 is 5.43 Å². The van der Waals surface area contributed by atoms with Crippen molar-refractivity contribution < 1.29 is 13.9 Å². The summed E-state index contributed by atoms with van der Waals surface area (Å²) in [7, 11) is 1.13. The summed E-state index contributed by atoms with van der Waals surface area (Å²) in [5, 5.41) is 3.55. The molecule has 1 atom stereocenters. The molecule has 0 bridgehead atoms. The highest BCUT2D eigenvalue weighted by atomic mass is 19.1. The lowest BCUT2D eigenvalue weighted by Crippen LogP contribution is -2.15. The molecule has 5 heteroatoms. The molecular formula is C7H11FN2O2. The number of alkyl halides is 1. The number of nitrogens with one attached hydrogen (secondary N) is 1. The predicted octanol–water partition coefficient (Wildman–Crippen LogP) is 0.607. The van der Waals surface area contributed by atoms with Gasteiger partial charge in [0.05, 0.1) is 7.11 Å². The number of methoxy groups -OCH3 is 1. The molecule has 68 valence electrons. The summed E-state index contributed by atoms with van der Waals surface area (Å²) >= 11 is 0. The van der Waals surface area contributed by atoms with Crippen LogP contribution in [0.2, 0.25) is 0 Å². The molecule has 0 aromatic heterocycles. The zero-order valence-electron chi connectivity index (χ0n) is 6.95. The molecule has 0 saturated heterocycles. The Morgan fingerprint density at radius 2 is 2.42 bits per heavy atom. The van der Waals surface area contributed by atoms with Gasteiger partial charge in [0.2, 0.25) is 6.17 Å². The van der Waals surface area contributed by atoms with Crippen LogP contribution >= 0.6 is 0 Å². The molecule has 0 fully saturated rings. The van der Waals surface area contributed by atoms with Gasteiger partial charge in [-0.25, -0.2) is 9.18 Å². The van der Waals surface area contributed by atoms with Gasteiger partial charge < -0.3 is 4.74 Å². The van der Waals surface area contributed by atoms with Crippen LogP contribution in [0.15, 0.2) is 17.4 Å². The van der Waals surface area contributed by atoms with E-state index >= 15 is 0 Å². The lowest BCUT2D eigenvalue weighted by Gasteiger charge is -1.98. The van der Waals surface area contributed by atoms with Gasteiger partial charge in [-0.05, 0) is 13.0 Å². The van der Waals surface area contributed by atoms with E-state index in [4.69, 9.17) is 0 Å². The minimum Gasteiger partial charge on any atom is -0.467 e. The molecule has 0 amide bonds. The van der Waals surface area contributed by atoms with E-state index in [1.54, 1.807) is 6.92 Å². The molecule has 0 spiro atoms. The van der Waals surface area contributed by atoms with Crippen molar-refractivity contribution in [3.05, 3.63) is 12.3 Å². The van der Waals surface area contributed by atoms with Gasteiger partial charge in [0.25, 0.3) is 0 Å². The average Bonchev–Trinajstić information content (AvgIpc) is 2.10. The first kappa shape index (κ1) is 10.6. The number of rotatable bonds is 4. The van der Waals surface area contributed by atoms with Crippen LogP contribution in [0.3, 0.4) is 0 Å². The quantitative estimate of drug-likeness (QED) is 0.386. The number of nitrogens with zero attached hydrogens (tertiary/aromatic N) is 1. The Hall–Kier alpha value is -1.39. The van der Waals surface area contributed by atoms with Gasteiger partial charge in [0.15, 0.2) is 0 Å². The highest BCUT2D eigenvalue weighted by Gasteiger charge is 2.12. The second-order valence-electron chi connectivity index (χ2n) is 1.80. The number of hydrazone groups is 1. The van der Waals surface area contributed by atoms with Crippen molar-refractivity contribution in [2.75, 3.05) is 7.11 Å². The highest BCUT2D eigenvalue weighted by molar-refractivity contribution is 5.76. The van der Waals surface area contributed by atoms with Crippen LogP contribution in [-0.2, 0) is 9.53 Å². The van der Waals surface area contributed by atoms with Crippen molar-refractivity contribution in [1.82, 2.24) is 5.43 Å². The summed E-state index contributed by atoms with van der Waals surface area (Å²) in [6.07, 6.45) is 1.99. The maximum Gasteiger partial charge on any atom is 0.344 e. The van der Waals surface area contributed by atoms with E-state index in [-0.39, 0.29) is 0 Å². The largest absolute Gasteiger partial charge is 0.467 e. The van der Waals surface area contributed by atoms with Crippen LogP contribution in [-0.4, -0.2) is 25.5 Å². The Bertz CT molecular complexity index is 192. The fourth-order valence-corrected chi connectivity index (χ4v) is 0.436. The molecule has 0 aliphatic carbocycles. The molecule has 0 saturated carbocycles. The first-order valence-corrected chi connectivity index (χ1v) is 3.34. The molecule has 1 unspecified atom stereocenters. The number of hydrogen-bond donors (Lipinski definition) is 1. The van der Waals surface area contributed by atoms with Crippen molar-refractivity contribution in [3.8, 4) is 0 Å². The summed E-state index contributed by atoms with van der Waals surface area (Å²) in [6.45, 7) is 1.70. The van der Waals surface area contributed by atoms with Crippen molar-refractivity contribution in [3.63, 3.8) is 0 Å². The SMILES string of the molecule is C/C=N\N/C=C\C(F)C(=O)OC. The van der Waals surface area contributed by atoms with E-state index in [0.717, 1.165) is 13.2 Å². The van der Waals surface area contributed by atoms with E-state index in [1.807, 2.05) is 0 Å². The van der Waals surface area contributed by atoms with Crippen LogP contribution in [0, 0.1) is 0 Å². The van der Waals surface area contributed by atoms with Crippen LogP contribution in [0.25, 0.3) is 0 Å². The Kier molecular flexibility index (Phi) is 5.60. The lowest BCUT2D eigenvalue weighted by atomic mass is 10.4. The van der Waals surface area contributed by atoms with Gasteiger partial charge in [-0.3, -0.25) is 5.43 Å². The van der Waals surface area contributed by atoms with E-state index < -0.39 is 12.1 Å². The third-order valence-corrected chi connectivity index (χ3v) is 0.970. The Morgan fingerprint density at radius 3 is 2.92 bits per heavy atom. The van der Waals surface area contributed by atoms with Crippen LogP contribution in [0.1, 0.15) is 6.92 Å². The second kappa shape index (κ2) is 6.33. The smallest absolute Gasteiger partial charge is 0.344 e. The molecule has 0 rings (SSSR count). The Labute approximate surface area is 70.1 Å². The summed E-state index contributed by atoms with van der Waals surface area (Å²) < 4.78 is 16.7. The Balaban J connectivity index is 3.74. The number of halogens is 1. The summed E-state index contributed by atoms with van der Waals surface area (Å²) in [4.78, 5) is 10.5. The zero-order chi connectivity index (χ0) is 9.40. The molecule has 0 aromatic rings. The van der Waals surface area contributed by atoms with Gasteiger partial charge in [0, 0.05) is 12.4 Å². The molecule has 0 aromatic carbocycles. The number of carbonyl (C=O) groups is 1. The minimum atomic E-state index is -1.74.